The molecule has 0 saturated heterocycles. The fourth-order valence-corrected chi connectivity index (χ4v) is 1.85. The summed E-state index contributed by atoms with van der Waals surface area (Å²) < 4.78 is 5.50. The largest absolute Gasteiger partial charge is 0.480 e. The van der Waals surface area contributed by atoms with Crippen molar-refractivity contribution in [1.82, 2.24) is 5.32 Å². The number of amides is 1. The Morgan fingerprint density at radius 1 is 1.37 bits per heavy atom. The number of carbonyl (C=O) groups is 2. The van der Waals surface area contributed by atoms with E-state index in [0.29, 0.717) is 12.5 Å². The quantitative estimate of drug-likeness (QED) is 0.740. The van der Waals surface area contributed by atoms with E-state index in [-0.39, 0.29) is 23.8 Å². The van der Waals surface area contributed by atoms with Gasteiger partial charge in [-0.2, -0.15) is 0 Å². The lowest BCUT2D eigenvalue weighted by Crippen LogP contribution is -2.44. The third-order valence-electron chi connectivity index (χ3n) is 3.30. The van der Waals surface area contributed by atoms with E-state index in [0.717, 1.165) is 12.8 Å². The molecule has 0 aromatic rings. The van der Waals surface area contributed by atoms with Crippen LogP contribution >= 0.6 is 0 Å². The molecule has 0 spiro atoms. The fraction of sp³-hybridized carbons (Fsp3) is 0.857. The van der Waals surface area contributed by atoms with E-state index in [1.807, 2.05) is 27.7 Å². The van der Waals surface area contributed by atoms with Crippen LogP contribution in [0.3, 0.4) is 0 Å². The number of rotatable bonds is 7. The molecule has 1 amide bonds. The van der Waals surface area contributed by atoms with Gasteiger partial charge in [0.25, 0.3) is 0 Å². The smallest absolute Gasteiger partial charge is 0.326 e. The molecule has 110 valence electrons. The third kappa shape index (κ3) is 6.05. The van der Waals surface area contributed by atoms with Crippen LogP contribution in [0.25, 0.3) is 0 Å². The Kier molecular flexibility index (Phi) is 5.35. The summed E-state index contributed by atoms with van der Waals surface area (Å²) in [5.74, 6) is -0.829. The number of nitrogens with one attached hydrogen (secondary N) is 1. The maximum absolute atomic E-state index is 11.9. The van der Waals surface area contributed by atoms with Crippen LogP contribution in [-0.2, 0) is 14.3 Å². The molecule has 0 aromatic heterocycles. The van der Waals surface area contributed by atoms with Crippen LogP contribution in [0.4, 0.5) is 0 Å². The van der Waals surface area contributed by atoms with Crippen LogP contribution in [-0.4, -0.2) is 35.2 Å². The average molecular weight is 271 g/mol. The predicted molar refractivity (Wildman–Crippen MR) is 71.8 cm³/mol. The molecule has 0 aliphatic heterocycles. The number of carboxylic acid groups (broad SMARTS) is 1. The van der Waals surface area contributed by atoms with E-state index < -0.39 is 12.0 Å². The molecule has 2 N–H and O–H groups in total. The highest BCUT2D eigenvalue weighted by Gasteiger charge is 2.34. The Balaban J connectivity index is 2.39. The standard InChI is InChI=1S/C14H25NO4/c1-9(10-5-6-10)12(16)15-11(13(17)18)7-8-19-14(2,3)4/h9-11H,5-8H2,1-4H3,(H,15,16)(H,17,18). The number of hydrogen-bond acceptors (Lipinski definition) is 3. The molecule has 5 nitrogen and oxygen atoms in total. The Morgan fingerprint density at radius 2 is 1.95 bits per heavy atom. The number of carboxylic acids is 1. The molecular weight excluding hydrogens is 246 g/mol. The van der Waals surface area contributed by atoms with Crippen molar-refractivity contribution >= 4 is 11.9 Å². The molecule has 1 saturated carbocycles. The molecule has 5 heteroatoms. The van der Waals surface area contributed by atoms with Gasteiger partial charge in [-0.1, -0.05) is 6.92 Å². The van der Waals surface area contributed by atoms with Crippen molar-refractivity contribution < 1.29 is 19.4 Å². The topological polar surface area (TPSA) is 75.6 Å². The zero-order chi connectivity index (χ0) is 14.6. The predicted octanol–water partition coefficient (Wildman–Crippen LogP) is 1.81. The summed E-state index contributed by atoms with van der Waals surface area (Å²) in [6, 6.07) is -0.865. The van der Waals surface area contributed by atoms with Gasteiger partial charge in [-0.25, -0.2) is 4.79 Å². The lowest BCUT2D eigenvalue weighted by atomic mass is 10.0. The summed E-state index contributed by atoms with van der Waals surface area (Å²) in [6.45, 7) is 7.92. The highest BCUT2D eigenvalue weighted by Crippen LogP contribution is 2.36. The van der Waals surface area contributed by atoms with Crippen molar-refractivity contribution in [2.75, 3.05) is 6.61 Å². The first kappa shape index (κ1) is 16.0. The monoisotopic (exact) mass is 271 g/mol. The van der Waals surface area contributed by atoms with Gasteiger partial charge in [0.1, 0.15) is 6.04 Å². The van der Waals surface area contributed by atoms with Crippen LogP contribution < -0.4 is 5.32 Å². The summed E-state index contributed by atoms with van der Waals surface area (Å²) in [6.07, 6.45) is 2.43. The summed E-state index contributed by atoms with van der Waals surface area (Å²) in [4.78, 5) is 23.0. The summed E-state index contributed by atoms with van der Waals surface area (Å²) >= 11 is 0. The van der Waals surface area contributed by atoms with E-state index in [9.17, 15) is 9.59 Å². The van der Waals surface area contributed by atoms with Crippen LogP contribution in [0.2, 0.25) is 0 Å². The maximum atomic E-state index is 11.9. The lowest BCUT2D eigenvalue weighted by molar-refractivity contribution is -0.143. The molecule has 1 aliphatic carbocycles. The van der Waals surface area contributed by atoms with E-state index in [1.165, 1.54) is 0 Å². The SMILES string of the molecule is CC(C(=O)NC(CCOC(C)(C)C)C(=O)O)C1CC1. The van der Waals surface area contributed by atoms with Crippen LogP contribution in [0.5, 0.6) is 0 Å². The Labute approximate surface area is 114 Å². The van der Waals surface area contributed by atoms with Gasteiger partial charge in [-0.15, -0.1) is 0 Å². The van der Waals surface area contributed by atoms with Gasteiger partial charge in [-0.3, -0.25) is 4.79 Å². The van der Waals surface area contributed by atoms with Crippen molar-refractivity contribution in [2.45, 2.75) is 58.6 Å². The fourth-order valence-electron chi connectivity index (χ4n) is 1.85. The van der Waals surface area contributed by atoms with Gasteiger partial charge in [0.2, 0.25) is 5.91 Å². The molecule has 0 radical (unpaired) electrons. The molecule has 0 heterocycles. The number of ether oxygens (including phenoxy) is 1. The summed E-state index contributed by atoms with van der Waals surface area (Å²) in [5.41, 5.74) is -0.297. The van der Waals surface area contributed by atoms with E-state index >= 15 is 0 Å². The minimum atomic E-state index is -1.01. The first-order chi connectivity index (χ1) is 8.70. The molecule has 1 aliphatic rings. The average Bonchev–Trinajstić information content (AvgIpc) is 3.08. The second kappa shape index (κ2) is 6.37. The molecule has 1 fully saturated rings. The normalized spacial score (nSPS) is 18.7. The van der Waals surface area contributed by atoms with Crippen molar-refractivity contribution in [2.24, 2.45) is 11.8 Å². The minimum Gasteiger partial charge on any atom is -0.480 e. The summed E-state index contributed by atoms with van der Waals surface area (Å²) in [7, 11) is 0. The van der Waals surface area contributed by atoms with Crippen molar-refractivity contribution in [1.29, 1.82) is 0 Å². The van der Waals surface area contributed by atoms with Gasteiger partial charge < -0.3 is 15.2 Å². The highest BCUT2D eigenvalue weighted by molar-refractivity contribution is 5.85. The number of hydrogen-bond donors (Lipinski definition) is 2. The molecule has 19 heavy (non-hydrogen) atoms. The molecule has 1 rings (SSSR count). The van der Waals surface area contributed by atoms with Gasteiger partial charge in [-0.05, 0) is 39.5 Å². The van der Waals surface area contributed by atoms with E-state index in [2.05, 4.69) is 5.32 Å². The summed E-state index contributed by atoms with van der Waals surface area (Å²) in [5, 5.41) is 11.7. The minimum absolute atomic E-state index is 0.0922. The Morgan fingerprint density at radius 3 is 2.37 bits per heavy atom. The van der Waals surface area contributed by atoms with E-state index in [1.54, 1.807) is 0 Å². The zero-order valence-corrected chi connectivity index (χ0v) is 12.2. The molecule has 0 aromatic carbocycles. The maximum Gasteiger partial charge on any atom is 0.326 e. The second-order valence-corrected chi connectivity index (χ2v) is 6.28. The van der Waals surface area contributed by atoms with Crippen LogP contribution in [0.15, 0.2) is 0 Å². The van der Waals surface area contributed by atoms with Gasteiger partial charge in [0, 0.05) is 18.9 Å². The van der Waals surface area contributed by atoms with Crippen molar-refractivity contribution in [3.05, 3.63) is 0 Å². The first-order valence-corrected chi connectivity index (χ1v) is 6.88. The first-order valence-electron chi connectivity index (χ1n) is 6.88. The van der Waals surface area contributed by atoms with Gasteiger partial charge >= 0.3 is 5.97 Å². The molecule has 2 unspecified atom stereocenters. The van der Waals surface area contributed by atoms with Gasteiger partial charge in [0.05, 0.1) is 5.60 Å². The second-order valence-electron chi connectivity index (χ2n) is 6.28. The van der Waals surface area contributed by atoms with Crippen LogP contribution in [0, 0.1) is 11.8 Å². The highest BCUT2D eigenvalue weighted by atomic mass is 16.5. The molecule has 0 bridgehead atoms. The Bertz CT molecular complexity index is 331. The number of carbonyl (C=O) groups excluding carboxylic acids is 1. The zero-order valence-electron chi connectivity index (χ0n) is 12.2. The van der Waals surface area contributed by atoms with Crippen LogP contribution in [0.1, 0.15) is 47.0 Å². The van der Waals surface area contributed by atoms with Gasteiger partial charge in [0.15, 0.2) is 0 Å². The molecular formula is C14H25NO4. The van der Waals surface area contributed by atoms with Crippen molar-refractivity contribution in [3.63, 3.8) is 0 Å². The van der Waals surface area contributed by atoms with E-state index in [4.69, 9.17) is 9.84 Å². The number of aliphatic carboxylic acids is 1. The molecule has 2 atom stereocenters. The lowest BCUT2D eigenvalue weighted by Gasteiger charge is -2.22. The Hall–Kier alpha value is -1.10. The van der Waals surface area contributed by atoms with Crippen molar-refractivity contribution in [3.8, 4) is 0 Å². The third-order valence-corrected chi connectivity index (χ3v) is 3.30.